The molecule has 0 radical (unpaired) electrons. The smallest absolute Gasteiger partial charge is 0.252 e. The lowest BCUT2D eigenvalue weighted by Gasteiger charge is -2.45. The van der Waals surface area contributed by atoms with Gasteiger partial charge in [-0.3, -0.25) is 0 Å². The van der Waals surface area contributed by atoms with Crippen LogP contribution in [0.4, 0.5) is 34.1 Å². The maximum Gasteiger partial charge on any atom is 0.252 e. The zero-order chi connectivity index (χ0) is 84.1. The van der Waals surface area contributed by atoms with Crippen molar-refractivity contribution >= 4 is 101 Å². The Labute approximate surface area is 658 Å². The van der Waals surface area contributed by atoms with Gasteiger partial charge in [-0.05, 0) is 201 Å². The van der Waals surface area contributed by atoms with E-state index >= 15 is 0 Å². The summed E-state index contributed by atoms with van der Waals surface area (Å²) in [5.41, 5.74) is 24.5. The van der Waals surface area contributed by atoms with Crippen LogP contribution in [0.15, 0.2) is 303 Å². The van der Waals surface area contributed by atoms with Crippen molar-refractivity contribution in [3.8, 4) is 67.0 Å². The van der Waals surface area contributed by atoms with E-state index in [4.69, 9.17) is 2.74 Å². The van der Waals surface area contributed by atoms with E-state index in [1.54, 1.807) is 0 Å². The van der Waals surface area contributed by atoms with Crippen LogP contribution in [-0.2, 0) is 27.1 Å². The molecule has 5 heteroatoms. The predicted octanol–water partition coefficient (Wildman–Crippen LogP) is 26.8. The molecule has 0 spiro atoms. The summed E-state index contributed by atoms with van der Waals surface area (Å²) >= 11 is 0. The predicted molar refractivity (Wildman–Crippen MR) is 470 cm³/mol. The molecular formula is C104H95BN4. The second-order valence-electron chi connectivity index (χ2n) is 35.1. The fourth-order valence-corrected chi connectivity index (χ4v) is 16.9. The maximum absolute atomic E-state index is 9.76. The number of fused-ring (bicyclic) bond motifs is 10. The third kappa shape index (κ3) is 11.7. The highest BCUT2D eigenvalue weighted by molar-refractivity contribution is 7.00. The summed E-state index contributed by atoms with van der Waals surface area (Å²) in [5, 5.41) is 4.32. The van der Waals surface area contributed by atoms with Crippen LogP contribution in [0, 0.1) is 0 Å². The molecule has 16 aromatic rings. The zero-order valence-corrected chi connectivity index (χ0v) is 65.0. The number of rotatable bonds is 9. The number of hydrogen-bond acceptors (Lipinski definition) is 2. The molecule has 14 aromatic carbocycles. The second kappa shape index (κ2) is 25.5. The molecule has 2 aliphatic heterocycles. The van der Waals surface area contributed by atoms with Crippen LogP contribution in [0.5, 0.6) is 0 Å². The highest BCUT2D eigenvalue weighted by atomic mass is 15.2. The minimum atomic E-state index is -0.645. The summed E-state index contributed by atoms with van der Waals surface area (Å²) < 4.78 is 98.5. The van der Waals surface area contributed by atoms with E-state index in [2.05, 4.69) is 329 Å². The summed E-state index contributed by atoms with van der Waals surface area (Å²) in [6, 6.07) is 83.4. The molecule has 0 aliphatic carbocycles. The lowest BCUT2D eigenvalue weighted by atomic mass is 9.33. The summed E-state index contributed by atoms with van der Waals surface area (Å²) in [6.07, 6.45) is 0. The number of hydrogen-bond donors (Lipinski definition) is 0. The van der Waals surface area contributed by atoms with Crippen molar-refractivity contribution in [2.45, 2.75) is 131 Å². The van der Waals surface area contributed by atoms with E-state index in [0.717, 1.165) is 144 Å². The topological polar surface area (TPSA) is 16.3 Å². The Balaban J connectivity index is 1.05. The quantitative estimate of drug-likeness (QED) is 0.134. The Morgan fingerprint density at radius 2 is 0.670 bits per heavy atom. The maximum atomic E-state index is 9.76. The molecule has 0 atom stereocenters. The summed E-state index contributed by atoms with van der Waals surface area (Å²) in [6.45, 7) is 33.3. The van der Waals surface area contributed by atoms with Crippen molar-refractivity contribution in [3.63, 3.8) is 0 Å². The molecule has 534 valence electrons. The lowest BCUT2D eigenvalue weighted by Crippen LogP contribution is -2.61. The van der Waals surface area contributed by atoms with Gasteiger partial charge in [0.05, 0.1) is 52.8 Å². The Hall–Kier alpha value is -11.7. The van der Waals surface area contributed by atoms with Crippen LogP contribution < -0.4 is 26.2 Å². The minimum absolute atomic E-state index is 0.0587. The third-order valence-corrected chi connectivity index (χ3v) is 22.8. The Bertz CT molecular complexity index is 6730. The van der Waals surface area contributed by atoms with Gasteiger partial charge in [0.1, 0.15) is 0 Å². The van der Waals surface area contributed by atoms with Crippen molar-refractivity contribution in [1.82, 2.24) is 9.13 Å². The first-order valence-corrected chi connectivity index (χ1v) is 38.3. The zero-order valence-electron chi connectivity index (χ0n) is 75.0. The average molecular weight is 1420 g/mol. The van der Waals surface area contributed by atoms with Gasteiger partial charge in [-0.25, -0.2) is 0 Å². The molecule has 0 saturated heterocycles. The fraction of sp³-hybridized carbons (Fsp3) is 0.192. The molecule has 0 amide bonds. The molecular weight excluding hydrogens is 1320 g/mol. The van der Waals surface area contributed by atoms with Crippen LogP contribution in [0.25, 0.3) is 111 Å². The molecule has 109 heavy (non-hydrogen) atoms. The van der Waals surface area contributed by atoms with Gasteiger partial charge in [0.2, 0.25) is 0 Å². The first-order valence-electron chi connectivity index (χ1n) is 43.3. The Morgan fingerprint density at radius 1 is 0.266 bits per heavy atom. The molecule has 0 unspecified atom stereocenters. The van der Waals surface area contributed by atoms with E-state index < -0.39 is 43.0 Å². The van der Waals surface area contributed by atoms with Crippen molar-refractivity contribution in [3.05, 3.63) is 331 Å². The normalized spacial score (nSPS) is 14.5. The molecule has 2 aromatic heterocycles. The largest absolute Gasteiger partial charge is 0.310 e. The molecule has 0 saturated carbocycles. The first kappa shape index (κ1) is 58.4. The van der Waals surface area contributed by atoms with Crippen LogP contribution in [0.3, 0.4) is 0 Å². The van der Waals surface area contributed by atoms with Crippen LogP contribution in [0.2, 0.25) is 0 Å². The monoisotopic (exact) mass is 1420 g/mol. The van der Waals surface area contributed by atoms with Crippen molar-refractivity contribution in [2.75, 3.05) is 9.80 Å². The lowest BCUT2D eigenvalue weighted by molar-refractivity contribution is 0.569. The molecule has 18 rings (SSSR count). The van der Waals surface area contributed by atoms with Gasteiger partial charge in [0.15, 0.2) is 0 Å². The molecule has 4 heterocycles. The van der Waals surface area contributed by atoms with Crippen LogP contribution in [-0.4, -0.2) is 15.8 Å². The third-order valence-electron chi connectivity index (χ3n) is 22.8. The number of benzene rings is 14. The number of nitrogens with zero attached hydrogens (tertiary/aromatic N) is 4. The fourth-order valence-electron chi connectivity index (χ4n) is 16.9. The summed E-state index contributed by atoms with van der Waals surface area (Å²) in [7, 11) is 0. The molecule has 4 nitrogen and oxygen atoms in total. The molecule has 0 bridgehead atoms. The van der Waals surface area contributed by atoms with E-state index in [1.165, 1.54) is 11.1 Å². The van der Waals surface area contributed by atoms with E-state index in [0.29, 0.717) is 22.5 Å². The number of para-hydroxylation sites is 3. The summed E-state index contributed by atoms with van der Waals surface area (Å²) in [4.78, 5) is 4.82. The minimum Gasteiger partial charge on any atom is -0.310 e. The highest BCUT2D eigenvalue weighted by Gasteiger charge is 2.46. The second-order valence-corrected chi connectivity index (χ2v) is 35.1. The van der Waals surface area contributed by atoms with E-state index in [1.807, 2.05) is 36.4 Å². The van der Waals surface area contributed by atoms with Gasteiger partial charge < -0.3 is 18.9 Å². The number of anilines is 6. The Kier molecular flexibility index (Phi) is 13.7. The van der Waals surface area contributed by atoms with Gasteiger partial charge in [-0.15, -0.1) is 0 Å². The van der Waals surface area contributed by atoms with Crippen LogP contribution >= 0.6 is 0 Å². The first-order chi connectivity index (χ1) is 56.4. The molecule has 0 N–H and O–H groups in total. The van der Waals surface area contributed by atoms with E-state index in [-0.39, 0.29) is 62.4 Å². The van der Waals surface area contributed by atoms with Gasteiger partial charge in [0, 0.05) is 61.1 Å². The highest BCUT2D eigenvalue weighted by Crippen LogP contribution is 2.55. The van der Waals surface area contributed by atoms with E-state index in [9.17, 15) is 11.0 Å². The average Bonchev–Trinajstić information content (AvgIpc) is 1.68. The Morgan fingerprint density at radius 3 is 1.14 bits per heavy atom. The van der Waals surface area contributed by atoms with Gasteiger partial charge in [-0.1, -0.05) is 322 Å². The SMILES string of the molecule is [2H]c1c([2H])c([2H])c(-c2ccc3c(c2)N(c2c(-c4ccccc4)cc(C(C)(C)C)cc2-c2ccccc2)c2cc(-c4cc(C(C)(C)C)cc(C(C)(C)C)c4)cc4c2B3c2ccc(-c3c([2H])c([2H])c([2H])c([2H])c3[2H])cc2N4c2cccc3c4cccc(-n5c6ccc(C(C)(C)C)cc6c6cc(C(C)(C)C)ccc65)c4n(-c4ccccc4)c23)c([2H])c1[2H]. The van der Waals surface area contributed by atoms with Gasteiger partial charge >= 0.3 is 0 Å². The van der Waals surface area contributed by atoms with Crippen molar-refractivity contribution in [1.29, 1.82) is 0 Å². The molecule has 0 fully saturated rings. The van der Waals surface area contributed by atoms with Crippen molar-refractivity contribution < 1.29 is 13.7 Å². The van der Waals surface area contributed by atoms with Gasteiger partial charge in [0.25, 0.3) is 6.71 Å². The summed E-state index contributed by atoms with van der Waals surface area (Å²) in [5.74, 6) is 0. The van der Waals surface area contributed by atoms with Crippen molar-refractivity contribution in [2.24, 2.45) is 0 Å². The molecule has 2 aliphatic rings. The standard InChI is InChI=1S/C104H95BN4/c1-100(2,3)74-49-53-88-84(62-74)85-63-75(101(4,5)6)50-54-89(85)107(88)90-45-31-43-80-81-44-32-46-91(99(81)106(98(80)90)79-41-29-20-30-42-79)108-92-57-70(66-33-21-16-22-34-66)47-51-86(92)105-87-52-48-71(67-35-23-17-24-36-67)58-93(87)109(95-60-73(59-94(108)96(95)105)72-55-76(102(7,8)9)61-77(56-72)103(10,11)12)97-82(68-37-25-18-26-38-68)64-78(104(13,14)15)65-83(97)69-39-27-19-28-40-69/h16-65H,1-15H3/i16D,17D,21D,22D,23D,24D,33D,34D,35D,36D. The number of aromatic nitrogens is 2. The van der Waals surface area contributed by atoms with Crippen LogP contribution in [0.1, 0.15) is 145 Å². The van der Waals surface area contributed by atoms with Gasteiger partial charge in [-0.2, -0.15) is 0 Å².